The Morgan fingerprint density at radius 2 is 1.50 bits per heavy atom. The first-order valence-corrected chi connectivity index (χ1v) is 12.1. The number of aromatic nitrogens is 2. The SMILES string of the molecule is Cc1cc(C)n(-c2ccc(C(=O)N3CCN(S(=O)(=O)c4ccc(C)c(C)c4)CC3)cc2)n1. The lowest BCUT2D eigenvalue weighted by Crippen LogP contribution is -2.50. The van der Waals surface area contributed by atoms with Crippen LogP contribution in [0.25, 0.3) is 5.69 Å². The molecule has 1 amide bonds. The molecule has 1 aromatic heterocycles. The van der Waals surface area contributed by atoms with Gasteiger partial charge in [0.15, 0.2) is 0 Å². The second-order valence-corrected chi connectivity index (χ2v) is 10.3. The van der Waals surface area contributed by atoms with E-state index in [4.69, 9.17) is 0 Å². The summed E-state index contributed by atoms with van der Waals surface area (Å²) in [5, 5.41) is 4.47. The Morgan fingerprint density at radius 1 is 0.844 bits per heavy atom. The van der Waals surface area contributed by atoms with E-state index in [0.717, 1.165) is 28.2 Å². The van der Waals surface area contributed by atoms with Gasteiger partial charge in [0.1, 0.15) is 0 Å². The van der Waals surface area contributed by atoms with E-state index < -0.39 is 10.0 Å². The van der Waals surface area contributed by atoms with Crippen LogP contribution in [0, 0.1) is 27.7 Å². The standard InChI is InChI=1S/C24H28N4O3S/c1-17-5-10-23(15-18(17)2)32(30,31)27-13-11-26(12-14-27)24(29)21-6-8-22(9-7-21)28-20(4)16-19(3)25-28/h5-10,15-16H,11-14H2,1-4H3. The number of hydrogen-bond acceptors (Lipinski definition) is 4. The number of nitrogens with zero attached hydrogens (tertiary/aromatic N) is 4. The van der Waals surface area contributed by atoms with Crippen molar-refractivity contribution in [3.8, 4) is 5.69 Å². The lowest BCUT2D eigenvalue weighted by Gasteiger charge is -2.34. The van der Waals surface area contributed by atoms with Gasteiger partial charge in [0.2, 0.25) is 10.0 Å². The van der Waals surface area contributed by atoms with E-state index in [1.54, 1.807) is 29.2 Å². The first kappa shape index (κ1) is 22.2. The fraction of sp³-hybridized carbons (Fsp3) is 0.333. The van der Waals surface area contributed by atoms with E-state index in [2.05, 4.69) is 5.10 Å². The zero-order valence-corrected chi connectivity index (χ0v) is 19.7. The number of sulfonamides is 1. The largest absolute Gasteiger partial charge is 0.336 e. The van der Waals surface area contributed by atoms with Gasteiger partial charge in [-0.2, -0.15) is 9.40 Å². The minimum Gasteiger partial charge on any atom is -0.336 e. The maximum atomic E-state index is 13.0. The van der Waals surface area contributed by atoms with Crippen LogP contribution in [0.3, 0.4) is 0 Å². The summed E-state index contributed by atoms with van der Waals surface area (Å²) in [5.41, 5.74) is 5.46. The molecular formula is C24H28N4O3S. The maximum Gasteiger partial charge on any atom is 0.253 e. The van der Waals surface area contributed by atoms with Gasteiger partial charge in [0.05, 0.1) is 16.3 Å². The molecule has 8 heteroatoms. The van der Waals surface area contributed by atoms with E-state index in [0.29, 0.717) is 23.5 Å². The highest BCUT2D eigenvalue weighted by Gasteiger charge is 2.30. The van der Waals surface area contributed by atoms with Crippen LogP contribution in [0.1, 0.15) is 32.9 Å². The molecule has 1 aliphatic rings. The zero-order chi connectivity index (χ0) is 23.0. The molecule has 1 saturated heterocycles. The predicted octanol–water partition coefficient (Wildman–Crippen LogP) is 3.25. The molecule has 2 aromatic carbocycles. The average Bonchev–Trinajstić information content (AvgIpc) is 3.13. The number of hydrogen-bond donors (Lipinski definition) is 0. The van der Waals surface area contributed by atoms with Gasteiger partial charge in [-0.3, -0.25) is 4.79 Å². The molecule has 0 radical (unpaired) electrons. The summed E-state index contributed by atoms with van der Waals surface area (Å²) in [6.45, 7) is 9.09. The van der Waals surface area contributed by atoms with Crippen LogP contribution < -0.4 is 0 Å². The van der Waals surface area contributed by atoms with E-state index >= 15 is 0 Å². The molecule has 0 atom stereocenters. The Kier molecular flexibility index (Phi) is 5.92. The summed E-state index contributed by atoms with van der Waals surface area (Å²) in [7, 11) is -3.57. The first-order valence-electron chi connectivity index (χ1n) is 10.7. The van der Waals surface area contributed by atoms with Crippen LogP contribution >= 0.6 is 0 Å². The lowest BCUT2D eigenvalue weighted by molar-refractivity contribution is 0.0698. The van der Waals surface area contributed by atoms with Gasteiger partial charge in [-0.05, 0) is 81.3 Å². The Labute approximate surface area is 189 Å². The Balaban J connectivity index is 1.43. The van der Waals surface area contributed by atoms with E-state index in [9.17, 15) is 13.2 Å². The average molecular weight is 453 g/mol. The second kappa shape index (κ2) is 8.52. The number of rotatable bonds is 4. The van der Waals surface area contributed by atoms with Crippen molar-refractivity contribution in [2.75, 3.05) is 26.2 Å². The van der Waals surface area contributed by atoms with Gasteiger partial charge in [-0.15, -0.1) is 0 Å². The van der Waals surface area contributed by atoms with Gasteiger partial charge in [-0.1, -0.05) is 6.07 Å². The molecule has 4 rings (SSSR count). The van der Waals surface area contributed by atoms with Crippen LogP contribution in [0.15, 0.2) is 53.4 Å². The van der Waals surface area contributed by atoms with Crippen molar-refractivity contribution < 1.29 is 13.2 Å². The summed E-state index contributed by atoms with van der Waals surface area (Å²) in [4.78, 5) is 15.0. The van der Waals surface area contributed by atoms with Crippen molar-refractivity contribution in [1.82, 2.24) is 19.0 Å². The third-order valence-electron chi connectivity index (χ3n) is 6.01. The summed E-state index contributed by atoms with van der Waals surface area (Å²) >= 11 is 0. The van der Waals surface area contributed by atoms with E-state index in [1.165, 1.54) is 4.31 Å². The monoisotopic (exact) mass is 452 g/mol. The quantitative estimate of drug-likeness (QED) is 0.609. The normalized spacial score (nSPS) is 15.2. The van der Waals surface area contributed by atoms with Crippen molar-refractivity contribution in [2.45, 2.75) is 32.6 Å². The summed E-state index contributed by atoms with van der Waals surface area (Å²) in [6.07, 6.45) is 0. The van der Waals surface area contributed by atoms with E-state index in [-0.39, 0.29) is 19.0 Å². The molecule has 0 unspecified atom stereocenters. The molecule has 2 heterocycles. The molecule has 1 fully saturated rings. The van der Waals surface area contributed by atoms with Crippen LogP contribution in [-0.2, 0) is 10.0 Å². The van der Waals surface area contributed by atoms with Crippen LogP contribution in [-0.4, -0.2) is 59.5 Å². The highest BCUT2D eigenvalue weighted by atomic mass is 32.2. The van der Waals surface area contributed by atoms with E-state index in [1.807, 2.05) is 56.6 Å². The highest BCUT2D eigenvalue weighted by molar-refractivity contribution is 7.89. The molecule has 0 saturated carbocycles. The van der Waals surface area contributed by atoms with Crippen molar-refractivity contribution in [3.05, 3.63) is 76.6 Å². The fourth-order valence-electron chi connectivity index (χ4n) is 3.97. The molecule has 32 heavy (non-hydrogen) atoms. The maximum absolute atomic E-state index is 13.0. The topological polar surface area (TPSA) is 75.5 Å². The summed E-state index contributed by atoms with van der Waals surface area (Å²) < 4.78 is 29.3. The van der Waals surface area contributed by atoms with Gasteiger partial charge >= 0.3 is 0 Å². The molecule has 0 N–H and O–H groups in total. The van der Waals surface area contributed by atoms with Crippen molar-refractivity contribution in [3.63, 3.8) is 0 Å². The Hall–Kier alpha value is -2.97. The number of aryl methyl sites for hydroxylation is 4. The van der Waals surface area contributed by atoms with Crippen LogP contribution in [0.2, 0.25) is 0 Å². The molecule has 0 aliphatic carbocycles. The van der Waals surface area contributed by atoms with Gasteiger partial charge in [0.25, 0.3) is 5.91 Å². The molecule has 1 aliphatic heterocycles. The van der Waals surface area contributed by atoms with Gasteiger partial charge in [-0.25, -0.2) is 13.1 Å². The molecule has 0 bridgehead atoms. The third kappa shape index (κ3) is 4.20. The van der Waals surface area contributed by atoms with Gasteiger partial charge < -0.3 is 4.90 Å². The second-order valence-electron chi connectivity index (χ2n) is 8.33. The molecule has 168 valence electrons. The van der Waals surface area contributed by atoms with Crippen LogP contribution in [0.5, 0.6) is 0 Å². The number of carbonyl (C=O) groups is 1. The third-order valence-corrected chi connectivity index (χ3v) is 7.91. The van der Waals surface area contributed by atoms with Crippen molar-refractivity contribution in [2.24, 2.45) is 0 Å². The summed E-state index contributed by atoms with van der Waals surface area (Å²) in [6, 6.07) is 14.6. The molecule has 3 aromatic rings. The van der Waals surface area contributed by atoms with Crippen molar-refractivity contribution in [1.29, 1.82) is 0 Å². The fourth-order valence-corrected chi connectivity index (χ4v) is 5.48. The summed E-state index contributed by atoms with van der Waals surface area (Å²) in [5.74, 6) is -0.0897. The molecular weight excluding hydrogens is 424 g/mol. The smallest absolute Gasteiger partial charge is 0.253 e. The minimum absolute atomic E-state index is 0.0897. The minimum atomic E-state index is -3.57. The Bertz CT molecular complexity index is 1250. The first-order chi connectivity index (χ1) is 15.2. The number of carbonyl (C=O) groups excluding carboxylic acids is 1. The van der Waals surface area contributed by atoms with Crippen molar-refractivity contribution >= 4 is 15.9 Å². The number of amides is 1. The highest BCUT2D eigenvalue weighted by Crippen LogP contribution is 2.21. The number of piperazine rings is 1. The number of benzene rings is 2. The van der Waals surface area contributed by atoms with Gasteiger partial charge in [0, 0.05) is 37.4 Å². The zero-order valence-electron chi connectivity index (χ0n) is 18.9. The predicted molar refractivity (Wildman–Crippen MR) is 124 cm³/mol. The molecule has 7 nitrogen and oxygen atoms in total. The lowest BCUT2D eigenvalue weighted by atomic mass is 10.1. The van der Waals surface area contributed by atoms with Crippen LogP contribution in [0.4, 0.5) is 0 Å². The molecule has 0 spiro atoms. The Morgan fingerprint density at radius 3 is 2.06 bits per heavy atom.